The Bertz CT molecular complexity index is 471. The molecule has 4 nitrogen and oxygen atoms in total. The first-order valence-electron chi connectivity index (χ1n) is 4.66. The molecule has 0 aliphatic carbocycles. The second-order valence-corrected chi connectivity index (χ2v) is 3.68. The molecular formula is C10H8BrF3N2O2. The summed E-state index contributed by atoms with van der Waals surface area (Å²) in [4.78, 5) is 3.70. The minimum absolute atomic E-state index is 0.0244. The zero-order chi connectivity index (χ0) is 13.8. The van der Waals surface area contributed by atoms with Crippen molar-refractivity contribution in [2.45, 2.75) is 18.1 Å². The maximum Gasteiger partial charge on any atom is 0.574 e. The fraction of sp³-hybridized carbons (Fsp3) is 0.400. The molecule has 0 spiro atoms. The van der Waals surface area contributed by atoms with Gasteiger partial charge in [0.1, 0.15) is 5.75 Å². The zero-order valence-corrected chi connectivity index (χ0v) is 10.8. The summed E-state index contributed by atoms with van der Waals surface area (Å²) in [7, 11) is 1.36. The Hall–Kier alpha value is -1.49. The summed E-state index contributed by atoms with van der Waals surface area (Å²) < 4.78 is 45.3. The summed E-state index contributed by atoms with van der Waals surface area (Å²) in [5.74, 6) is -0.328. The fourth-order valence-corrected chi connectivity index (χ4v) is 1.64. The number of ether oxygens (including phenoxy) is 2. The van der Waals surface area contributed by atoms with Gasteiger partial charge in [-0.3, -0.25) is 0 Å². The molecule has 0 N–H and O–H groups in total. The fourth-order valence-electron chi connectivity index (χ4n) is 1.24. The maximum absolute atomic E-state index is 12.2. The quantitative estimate of drug-likeness (QED) is 0.799. The highest BCUT2D eigenvalue weighted by Gasteiger charge is 2.33. The molecule has 1 aromatic heterocycles. The molecule has 0 fully saturated rings. The van der Waals surface area contributed by atoms with Crippen molar-refractivity contribution in [2.24, 2.45) is 0 Å². The number of nitriles is 1. The molecule has 1 rings (SSSR count). The highest BCUT2D eigenvalue weighted by molar-refractivity contribution is 9.08. The first kappa shape index (κ1) is 14.6. The van der Waals surface area contributed by atoms with E-state index in [1.165, 1.54) is 13.2 Å². The Balaban J connectivity index is 3.25. The lowest BCUT2D eigenvalue weighted by Gasteiger charge is -2.14. The molecule has 0 saturated heterocycles. The molecule has 1 heterocycles. The van der Waals surface area contributed by atoms with Crippen molar-refractivity contribution in [1.29, 1.82) is 5.26 Å². The van der Waals surface area contributed by atoms with Crippen LogP contribution in [0.3, 0.4) is 0 Å². The van der Waals surface area contributed by atoms with E-state index in [0.717, 1.165) is 0 Å². The summed E-state index contributed by atoms with van der Waals surface area (Å²) in [6.45, 7) is 0. The predicted molar refractivity (Wildman–Crippen MR) is 59.4 cm³/mol. The lowest BCUT2D eigenvalue weighted by Crippen LogP contribution is -2.19. The SMILES string of the molecule is COc1cc(CC#N)c(OC(F)(F)F)nc1CBr. The zero-order valence-electron chi connectivity index (χ0n) is 9.21. The van der Waals surface area contributed by atoms with Gasteiger partial charge < -0.3 is 9.47 Å². The number of pyridine rings is 1. The molecule has 0 bridgehead atoms. The average molecular weight is 325 g/mol. The third-order valence-electron chi connectivity index (χ3n) is 1.93. The van der Waals surface area contributed by atoms with Gasteiger partial charge in [-0.15, -0.1) is 13.2 Å². The van der Waals surface area contributed by atoms with Crippen LogP contribution in [0.25, 0.3) is 0 Å². The van der Waals surface area contributed by atoms with Crippen molar-refractivity contribution < 1.29 is 22.6 Å². The van der Waals surface area contributed by atoms with Crippen LogP contribution in [0.4, 0.5) is 13.2 Å². The minimum atomic E-state index is -4.85. The van der Waals surface area contributed by atoms with E-state index >= 15 is 0 Å². The standard InChI is InChI=1S/C10H8BrF3N2O2/c1-17-8-4-6(2-3-15)9(16-7(8)5-11)18-10(12,13)14/h4H,2,5H2,1H3. The van der Waals surface area contributed by atoms with Crippen LogP contribution in [0.2, 0.25) is 0 Å². The molecule has 18 heavy (non-hydrogen) atoms. The lowest BCUT2D eigenvalue weighted by molar-refractivity contribution is -0.276. The molecule has 0 radical (unpaired) electrons. The van der Waals surface area contributed by atoms with E-state index in [0.29, 0.717) is 5.75 Å². The van der Waals surface area contributed by atoms with Gasteiger partial charge in [-0.05, 0) is 6.07 Å². The first-order valence-corrected chi connectivity index (χ1v) is 5.79. The summed E-state index contributed by atoms with van der Waals surface area (Å²) >= 11 is 3.08. The van der Waals surface area contributed by atoms with Gasteiger partial charge in [-0.25, -0.2) is 4.98 Å². The highest BCUT2D eigenvalue weighted by Crippen LogP contribution is 2.30. The molecule has 0 aromatic carbocycles. The van der Waals surface area contributed by atoms with Crippen LogP contribution in [0.15, 0.2) is 6.07 Å². The first-order chi connectivity index (χ1) is 8.41. The second-order valence-electron chi connectivity index (χ2n) is 3.12. The van der Waals surface area contributed by atoms with Crippen molar-refractivity contribution in [1.82, 2.24) is 4.98 Å². The molecule has 0 aliphatic heterocycles. The summed E-state index contributed by atoms with van der Waals surface area (Å²) in [6.07, 6.45) is -5.10. The van der Waals surface area contributed by atoms with Crippen LogP contribution in [-0.4, -0.2) is 18.5 Å². The van der Waals surface area contributed by atoms with Crippen LogP contribution >= 0.6 is 15.9 Å². The van der Waals surface area contributed by atoms with E-state index < -0.39 is 12.2 Å². The maximum atomic E-state index is 12.2. The van der Waals surface area contributed by atoms with Crippen LogP contribution in [-0.2, 0) is 11.8 Å². The molecule has 0 unspecified atom stereocenters. The van der Waals surface area contributed by atoms with E-state index in [1.807, 2.05) is 0 Å². The Morgan fingerprint density at radius 1 is 1.50 bits per heavy atom. The summed E-state index contributed by atoms with van der Waals surface area (Å²) in [5, 5.41) is 8.77. The monoisotopic (exact) mass is 324 g/mol. The van der Waals surface area contributed by atoms with E-state index in [2.05, 4.69) is 25.7 Å². The van der Waals surface area contributed by atoms with E-state index in [1.54, 1.807) is 6.07 Å². The number of halogens is 4. The smallest absolute Gasteiger partial charge is 0.495 e. The van der Waals surface area contributed by atoms with Gasteiger partial charge in [0, 0.05) is 10.9 Å². The number of hydrogen-bond donors (Lipinski definition) is 0. The molecule has 0 saturated carbocycles. The van der Waals surface area contributed by atoms with E-state index in [4.69, 9.17) is 10.00 Å². The van der Waals surface area contributed by atoms with Crippen LogP contribution in [0, 0.1) is 11.3 Å². The van der Waals surface area contributed by atoms with Crippen LogP contribution in [0.1, 0.15) is 11.3 Å². The third kappa shape index (κ3) is 3.77. The Kier molecular flexibility index (Phi) is 4.78. The van der Waals surface area contributed by atoms with Gasteiger partial charge in [-0.2, -0.15) is 5.26 Å². The molecule has 8 heteroatoms. The Morgan fingerprint density at radius 2 is 2.17 bits per heavy atom. The van der Waals surface area contributed by atoms with Crippen molar-refractivity contribution in [3.8, 4) is 17.7 Å². The topological polar surface area (TPSA) is 55.1 Å². The Morgan fingerprint density at radius 3 is 2.61 bits per heavy atom. The summed E-state index contributed by atoms with van der Waals surface area (Å²) in [6, 6.07) is 3.06. The molecule has 0 aliphatic rings. The van der Waals surface area contributed by atoms with Gasteiger partial charge in [0.05, 0.1) is 25.3 Å². The Labute approximate surface area is 109 Å². The number of nitrogens with zero attached hydrogens (tertiary/aromatic N) is 2. The molecular weight excluding hydrogens is 317 g/mol. The normalized spacial score (nSPS) is 10.9. The average Bonchev–Trinajstić information content (AvgIpc) is 2.29. The van der Waals surface area contributed by atoms with Gasteiger partial charge in [0.2, 0.25) is 5.88 Å². The van der Waals surface area contributed by atoms with Gasteiger partial charge in [0.15, 0.2) is 0 Å². The molecule has 98 valence electrons. The number of hydrogen-bond acceptors (Lipinski definition) is 4. The van der Waals surface area contributed by atoms with Gasteiger partial charge in [-0.1, -0.05) is 15.9 Å². The van der Waals surface area contributed by atoms with Crippen LogP contribution in [0.5, 0.6) is 11.6 Å². The summed E-state index contributed by atoms with van der Waals surface area (Å²) in [5.41, 5.74) is 0.287. The lowest BCUT2D eigenvalue weighted by atomic mass is 10.2. The van der Waals surface area contributed by atoms with Crippen molar-refractivity contribution in [3.63, 3.8) is 0 Å². The number of aromatic nitrogens is 1. The van der Waals surface area contributed by atoms with Crippen molar-refractivity contribution in [3.05, 3.63) is 17.3 Å². The van der Waals surface area contributed by atoms with Crippen molar-refractivity contribution in [2.75, 3.05) is 7.11 Å². The number of rotatable bonds is 4. The molecule has 1 aromatic rings. The largest absolute Gasteiger partial charge is 0.574 e. The predicted octanol–water partition coefficient (Wildman–Crippen LogP) is 2.95. The third-order valence-corrected chi connectivity index (χ3v) is 2.46. The molecule has 0 amide bonds. The van der Waals surface area contributed by atoms with Gasteiger partial charge in [0.25, 0.3) is 0 Å². The highest BCUT2D eigenvalue weighted by atomic mass is 79.9. The number of alkyl halides is 4. The number of methoxy groups -OCH3 is 1. The minimum Gasteiger partial charge on any atom is -0.495 e. The van der Waals surface area contributed by atoms with E-state index in [-0.39, 0.29) is 23.0 Å². The second kappa shape index (κ2) is 5.91. The molecule has 0 atom stereocenters. The van der Waals surface area contributed by atoms with Gasteiger partial charge >= 0.3 is 6.36 Å². The van der Waals surface area contributed by atoms with Crippen molar-refractivity contribution >= 4 is 15.9 Å². The van der Waals surface area contributed by atoms with E-state index in [9.17, 15) is 13.2 Å². The van der Waals surface area contributed by atoms with Crippen LogP contribution < -0.4 is 9.47 Å².